The number of hydrogen-bond acceptors (Lipinski definition) is 2. The van der Waals surface area contributed by atoms with Crippen LogP contribution in [0.5, 0.6) is 0 Å². The van der Waals surface area contributed by atoms with E-state index in [-0.39, 0.29) is 5.91 Å². The predicted octanol–water partition coefficient (Wildman–Crippen LogP) is 1.38. The van der Waals surface area contributed by atoms with Gasteiger partial charge in [0.25, 0.3) is 0 Å². The molecule has 1 saturated carbocycles. The van der Waals surface area contributed by atoms with Crippen LogP contribution in [0.2, 0.25) is 0 Å². The van der Waals surface area contributed by atoms with Gasteiger partial charge >= 0.3 is 0 Å². The van der Waals surface area contributed by atoms with E-state index in [2.05, 4.69) is 10.6 Å². The van der Waals surface area contributed by atoms with Gasteiger partial charge in [0.15, 0.2) is 11.6 Å². The molecule has 2 N–H and O–H groups in total. The third-order valence-electron chi connectivity index (χ3n) is 2.85. The lowest BCUT2D eigenvalue weighted by Gasteiger charge is -2.06. The summed E-state index contributed by atoms with van der Waals surface area (Å²) < 4.78 is 25.6. The fraction of sp³-hybridized carbons (Fsp3) is 0.462. The number of hydrogen-bond donors (Lipinski definition) is 2. The van der Waals surface area contributed by atoms with Gasteiger partial charge in [-0.25, -0.2) is 8.78 Å². The molecular formula is C13H16F2N2O. The van der Waals surface area contributed by atoms with Crippen LogP contribution in [-0.2, 0) is 11.2 Å². The SMILES string of the molecule is O=C(CNC1CC1)NCCc1ccc(F)c(F)c1. The van der Waals surface area contributed by atoms with Gasteiger partial charge in [-0.2, -0.15) is 0 Å². The summed E-state index contributed by atoms with van der Waals surface area (Å²) in [5.41, 5.74) is 0.671. The van der Waals surface area contributed by atoms with E-state index in [1.54, 1.807) is 0 Å². The number of carbonyl (C=O) groups excluding carboxylic acids is 1. The highest BCUT2D eigenvalue weighted by Gasteiger charge is 2.20. The van der Waals surface area contributed by atoms with E-state index in [0.717, 1.165) is 25.0 Å². The van der Waals surface area contributed by atoms with Gasteiger partial charge in [-0.1, -0.05) is 6.07 Å². The van der Waals surface area contributed by atoms with Crippen LogP contribution in [-0.4, -0.2) is 25.0 Å². The normalized spacial score (nSPS) is 14.6. The lowest BCUT2D eigenvalue weighted by Crippen LogP contribution is -2.35. The molecule has 98 valence electrons. The maximum atomic E-state index is 12.9. The standard InChI is InChI=1S/C13H16F2N2O/c14-11-4-1-9(7-12(11)15)5-6-16-13(18)8-17-10-2-3-10/h1,4,7,10,17H,2-3,5-6,8H2,(H,16,18). The molecule has 0 spiro atoms. The Morgan fingerprint density at radius 1 is 1.28 bits per heavy atom. The molecule has 5 heteroatoms. The molecule has 18 heavy (non-hydrogen) atoms. The Kier molecular flexibility index (Phi) is 4.25. The monoisotopic (exact) mass is 254 g/mol. The van der Waals surface area contributed by atoms with Gasteiger partial charge in [0.05, 0.1) is 6.54 Å². The number of nitrogens with one attached hydrogen (secondary N) is 2. The van der Waals surface area contributed by atoms with Gasteiger partial charge in [0, 0.05) is 12.6 Å². The highest BCUT2D eigenvalue weighted by molar-refractivity contribution is 5.78. The number of amides is 1. The average molecular weight is 254 g/mol. The van der Waals surface area contributed by atoms with Gasteiger partial charge < -0.3 is 10.6 Å². The predicted molar refractivity (Wildman–Crippen MR) is 64.1 cm³/mol. The van der Waals surface area contributed by atoms with Crippen LogP contribution >= 0.6 is 0 Å². The van der Waals surface area contributed by atoms with Crippen molar-refractivity contribution in [2.24, 2.45) is 0 Å². The largest absolute Gasteiger partial charge is 0.355 e. The van der Waals surface area contributed by atoms with E-state index >= 15 is 0 Å². The van der Waals surface area contributed by atoms with Crippen LogP contribution in [0.3, 0.4) is 0 Å². The molecule has 0 atom stereocenters. The van der Waals surface area contributed by atoms with Crippen molar-refractivity contribution in [2.75, 3.05) is 13.1 Å². The smallest absolute Gasteiger partial charge is 0.233 e. The molecule has 0 saturated heterocycles. The van der Waals surface area contributed by atoms with Gasteiger partial charge in [-0.05, 0) is 37.0 Å². The maximum absolute atomic E-state index is 12.9. The molecule has 1 amide bonds. The molecule has 0 aliphatic heterocycles. The Labute approximate surface area is 105 Å². The topological polar surface area (TPSA) is 41.1 Å². The van der Waals surface area contributed by atoms with E-state index in [4.69, 9.17) is 0 Å². The Bertz CT molecular complexity index is 433. The summed E-state index contributed by atoms with van der Waals surface area (Å²) >= 11 is 0. The van der Waals surface area contributed by atoms with Crippen LogP contribution in [0.15, 0.2) is 18.2 Å². The Balaban J connectivity index is 1.67. The second-order valence-electron chi connectivity index (χ2n) is 4.50. The molecular weight excluding hydrogens is 238 g/mol. The second-order valence-corrected chi connectivity index (χ2v) is 4.50. The third kappa shape index (κ3) is 4.07. The van der Waals surface area contributed by atoms with Crippen molar-refractivity contribution in [1.82, 2.24) is 10.6 Å². The summed E-state index contributed by atoms with van der Waals surface area (Å²) in [4.78, 5) is 11.4. The first-order valence-corrected chi connectivity index (χ1v) is 6.09. The third-order valence-corrected chi connectivity index (χ3v) is 2.85. The molecule has 0 aromatic heterocycles. The fourth-order valence-electron chi connectivity index (χ4n) is 1.63. The number of rotatable bonds is 6. The minimum Gasteiger partial charge on any atom is -0.355 e. The lowest BCUT2D eigenvalue weighted by molar-refractivity contribution is -0.120. The first-order chi connectivity index (χ1) is 8.65. The zero-order valence-electron chi connectivity index (χ0n) is 10.0. The van der Waals surface area contributed by atoms with E-state index in [1.807, 2.05) is 0 Å². The molecule has 0 heterocycles. The van der Waals surface area contributed by atoms with E-state index < -0.39 is 11.6 Å². The molecule has 1 aliphatic rings. The van der Waals surface area contributed by atoms with Gasteiger partial charge in [0.2, 0.25) is 5.91 Å². The van der Waals surface area contributed by atoms with Crippen LogP contribution in [0.1, 0.15) is 18.4 Å². The Hall–Kier alpha value is -1.49. The van der Waals surface area contributed by atoms with Gasteiger partial charge in [-0.3, -0.25) is 4.79 Å². The summed E-state index contributed by atoms with van der Waals surface area (Å²) in [7, 11) is 0. The molecule has 3 nitrogen and oxygen atoms in total. The van der Waals surface area contributed by atoms with Crippen molar-refractivity contribution in [1.29, 1.82) is 0 Å². The molecule has 1 aliphatic carbocycles. The maximum Gasteiger partial charge on any atom is 0.233 e. The number of carbonyl (C=O) groups is 1. The van der Waals surface area contributed by atoms with Gasteiger partial charge in [0.1, 0.15) is 0 Å². The van der Waals surface area contributed by atoms with E-state index in [9.17, 15) is 13.6 Å². The van der Waals surface area contributed by atoms with Crippen molar-refractivity contribution in [3.63, 3.8) is 0 Å². The van der Waals surface area contributed by atoms with Crippen molar-refractivity contribution >= 4 is 5.91 Å². The lowest BCUT2D eigenvalue weighted by atomic mass is 10.1. The number of benzene rings is 1. The van der Waals surface area contributed by atoms with Crippen molar-refractivity contribution < 1.29 is 13.6 Å². The minimum atomic E-state index is -0.853. The summed E-state index contributed by atoms with van der Waals surface area (Å²) in [6.07, 6.45) is 2.77. The van der Waals surface area contributed by atoms with E-state index in [1.165, 1.54) is 6.07 Å². The first kappa shape index (κ1) is 13.0. The molecule has 1 aromatic rings. The zero-order valence-corrected chi connectivity index (χ0v) is 10.0. The molecule has 0 bridgehead atoms. The molecule has 2 rings (SSSR count). The van der Waals surface area contributed by atoms with Gasteiger partial charge in [-0.15, -0.1) is 0 Å². The van der Waals surface area contributed by atoms with Crippen LogP contribution < -0.4 is 10.6 Å². The summed E-state index contributed by atoms with van der Waals surface area (Å²) in [5, 5.41) is 5.83. The highest BCUT2D eigenvalue weighted by Crippen LogP contribution is 2.17. The van der Waals surface area contributed by atoms with Crippen molar-refractivity contribution in [3.05, 3.63) is 35.4 Å². The molecule has 0 unspecified atom stereocenters. The zero-order chi connectivity index (χ0) is 13.0. The summed E-state index contributed by atoms with van der Waals surface area (Å²) in [6.45, 7) is 0.749. The van der Waals surface area contributed by atoms with Crippen LogP contribution in [0.25, 0.3) is 0 Å². The fourth-order valence-corrected chi connectivity index (χ4v) is 1.63. The quantitative estimate of drug-likeness (QED) is 0.805. The molecule has 1 aromatic carbocycles. The number of halogens is 2. The van der Waals surface area contributed by atoms with Crippen LogP contribution in [0.4, 0.5) is 8.78 Å². The first-order valence-electron chi connectivity index (χ1n) is 6.09. The van der Waals surface area contributed by atoms with E-state index in [0.29, 0.717) is 31.1 Å². The highest BCUT2D eigenvalue weighted by atomic mass is 19.2. The van der Waals surface area contributed by atoms with Crippen molar-refractivity contribution in [3.8, 4) is 0 Å². The minimum absolute atomic E-state index is 0.0653. The molecule has 1 fully saturated rings. The van der Waals surface area contributed by atoms with Crippen molar-refractivity contribution in [2.45, 2.75) is 25.3 Å². The molecule has 0 radical (unpaired) electrons. The Morgan fingerprint density at radius 2 is 2.06 bits per heavy atom. The average Bonchev–Trinajstić information content (AvgIpc) is 3.15. The Morgan fingerprint density at radius 3 is 2.72 bits per heavy atom. The second kappa shape index (κ2) is 5.91. The van der Waals surface area contributed by atoms with Crippen LogP contribution in [0, 0.1) is 11.6 Å². The summed E-state index contributed by atoms with van der Waals surface area (Å²) in [5.74, 6) is -1.77. The summed E-state index contributed by atoms with van der Waals surface area (Å²) in [6, 6.07) is 4.28.